The summed E-state index contributed by atoms with van der Waals surface area (Å²) in [5.74, 6) is -0.769. The normalized spacial score (nSPS) is 21.1. The van der Waals surface area contributed by atoms with Gasteiger partial charge in [-0.15, -0.1) is 0 Å². The van der Waals surface area contributed by atoms with Gasteiger partial charge in [0.1, 0.15) is 10.7 Å². The number of nitrogens with zero attached hydrogens (tertiary/aromatic N) is 2. The Balaban J connectivity index is 1.63. The Kier molecular flexibility index (Phi) is 5.71. The van der Waals surface area contributed by atoms with Crippen LogP contribution in [0.2, 0.25) is 0 Å². The van der Waals surface area contributed by atoms with Gasteiger partial charge in [0.2, 0.25) is 15.9 Å². The Morgan fingerprint density at radius 1 is 1.08 bits per heavy atom. The van der Waals surface area contributed by atoms with Crippen LogP contribution in [0.5, 0.6) is 0 Å². The minimum Gasteiger partial charge on any atom is -0.341 e. The average molecular weight is 369 g/mol. The number of rotatable bonds is 3. The van der Waals surface area contributed by atoms with Crippen molar-refractivity contribution in [3.63, 3.8) is 0 Å². The molecule has 0 saturated carbocycles. The first-order valence-electron chi connectivity index (χ1n) is 8.74. The fraction of sp³-hybridized carbons (Fsp3) is 0.588. The number of carbonyl (C=O) groups is 1. The minimum atomic E-state index is -3.85. The second-order valence-corrected chi connectivity index (χ2v) is 8.44. The molecule has 0 radical (unpaired) electrons. The molecule has 2 aliphatic rings. The summed E-state index contributed by atoms with van der Waals surface area (Å²) in [7, 11) is -3.85. The lowest BCUT2D eigenvalue weighted by Gasteiger charge is -2.33. The summed E-state index contributed by atoms with van der Waals surface area (Å²) in [5, 5.41) is 3.27. The highest BCUT2D eigenvalue weighted by Crippen LogP contribution is 2.26. The number of hydrogen-bond donors (Lipinski definition) is 1. The molecule has 0 bridgehead atoms. The molecular weight excluding hydrogens is 345 g/mol. The molecule has 2 fully saturated rings. The first kappa shape index (κ1) is 18.3. The Bertz CT molecular complexity index is 710. The maximum atomic E-state index is 13.9. The number of carbonyl (C=O) groups excluding carboxylic acids is 1. The van der Waals surface area contributed by atoms with Crippen LogP contribution in [0.15, 0.2) is 29.2 Å². The first-order chi connectivity index (χ1) is 12.0. The van der Waals surface area contributed by atoms with Gasteiger partial charge in [-0.1, -0.05) is 12.1 Å². The van der Waals surface area contributed by atoms with Crippen LogP contribution in [0.4, 0.5) is 4.39 Å². The van der Waals surface area contributed by atoms with E-state index in [0.717, 1.165) is 32.1 Å². The smallest absolute Gasteiger partial charge is 0.245 e. The number of nitrogens with one attached hydrogen (secondary N) is 1. The van der Waals surface area contributed by atoms with E-state index in [1.165, 1.54) is 22.5 Å². The summed E-state index contributed by atoms with van der Waals surface area (Å²) in [5.41, 5.74) is 0. The molecule has 6 nitrogen and oxygen atoms in total. The van der Waals surface area contributed by atoms with Crippen LogP contribution in [-0.4, -0.2) is 62.8 Å². The maximum Gasteiger partial charge on any atom is 0.245 e. The third-order valence-electron chi connectivity index (χ3n) is 4.91. The van der Waals surface area contributed by atoms with E-state index in [4.69, 9.17) is 0 Å². The molecule has 0 aliphatic carbocycles. The van der Waals surface area contributed by atoms with Crippen molar-refractivity contribution < 1.29 is 17.6 Å². The first-order valence-corrected chi connectivity index (χ1v) is 10.2. The van der Waals surface area contributed by atoms with Gasteiger partial charge in [0.15, 0.2) is 0 Å². The van der Waals surface area contributed by atoms with E-state index in [0.29, 0.717) is 19.4 Å². The van der Waals surface area contributed by atoms with Gasteiger partial charge in [-0.25, -0.2) is 12.8 Å². The van der Waals surface area contributed by atoms with Crippen molar-refractivity contribution in [3.8, 4) is 0 Å². The summed E-state index contributed by atoms with van der Waals surface area (Å²) in [4.78, 5) is 14.2. The third-order valence-corrected chi connectivity index (χ3v) is 6.84. The van der Waals surface area contributed by atoms with Crippen LogP contribution in [-0.2, 0) is 14.8 Å². The van der Waals surface area contributed by atoms with E-state index in [2.05, 4.69) is 5.32 Å². The van der Waals surface area contributed by atoms with E-state index in [1.807, 2.05) is 4.90 Å². The van der Waals surface area contributed by atoms with E-state index in [1.54, 1.807) is 0 Å². The second kappa shape index (κ2) is 7.80. The number of piperidine rings is 1. The zero-order valence-electron chi connectivity index (χ0n) is 14.2. The highest BCUT2D eigenvalue weighted by molar-refractivity contribution is 7.89. The fourth-order valence-electron chi connectivity index (χ4n) is 3.46. The molecular formula is C17H24FN3O3S. The Hall–Kier alpha value is -1.51. The SMILES string of the molecule is O=C(C1CCN(S(=O)(=O)c2ccccc2F)CC1)N1CCCNCC1. The monoisotopic (exact) mass is 369 g/mol. The van der Waals surface area contributed by atoms with E-state index in [9.17, 15) is 17.6 Å². The minimum absolute atomic E-state index is 0.117. The average Bonchev–Trinajstić information content (AvgIpc) is 2.91. The zero-order valence-corrected chi connectivity index (χ0v) is 15.0. The number of benzene rings is 1. The molecule has 1 aromatic rings. The van der Waals surface area contributed by atoms with E-state index in [-0.39, 0.29) is 29.8 Å². The van der Waals surface area contributed by atoms with Crippen molar-refractivity contribution in [1.29, 1.82) is 0 Å². The molecule has 0 atom stereocenters. The van der Waals surface area contributed by atoms with Gasteiger partial charge in [0.05, 0.1) is 0 Å². The fourth-order valence-corrected chi connectivity index (χ4v) is 5.00. The lowest BCUT2D eigenvalue weighted by atomic mass is 9.96. The number of sulfonamides is 1. The summed E-state index contributed by atoms with van der Waals surface area (Å²) < 4.78 is 40.4. The maximum absolute atomic E-state index is 13.9. The van der Waals surface area contributed by atoms with E-state index >= 15 is 0 Å². The molecule has 25 heavy (non-hydrogen) atoms. The molecule has 0 unspecified atom stereocenters. The predicted octanol–water partition coefficient (Wildman–Crippen LogP) is 1.05. The van der Waals surface area contributed by atoms with Gasteiger partial charge in [0.25, 0.3) is 0 Å². The molecule has 1 N–H and O–H groups in total. The predicted molar refractivity (Wildman–Crippen MR) is 91.9 cm³/mol. The zero-order chi connectivity index (χ0) is 17.9. The molecule has 0 aromatic heterocycles. The van der Waals surface area contributed by atoms with E-state index < -0.39 is 15.8 Å². The van der Waals surface area contributed by atoms with Crippen LogP contribution in [0, 0.1) is 11.7 Å². The van der Waals surface area contributed by atoms with Crippen molar-refractivity contribution >= 4 is 15.9 Å². The second-order valence-electron chi connectivity index (χ2n) is 6.54. The number of amides is 1. The molecule has 2 saturated heterocycles. The third kappa shape index (κ3) is 4.02. The summed E-state index contributed by atoms with van der Waals surface area (Å²) in [6.45, 7) is 3.67. The van der Waals surface area contributed by atoms with Crippen molar-refractivity contribution in [2.45, 2.75) is 24.2 Å². The number of halogens is 1. The van der Waals surface area contributed by atoms with Crippen LogP contribution in [0.3, 0.4) is 0 Å². The molecule has 1 aromatic carbocycles. The lowest BCUT2D eigenvalue weighted by Crippen LogP contribution is -2.45. The van der Waals surface area contributed by atoms with Gasteiger partial charge >= 0.3 is 0 Å². The topological polar surface area (TPSA) is 69.7 Å². The largest absolute Gasteiger partial charge is 0.341 e. The Morgan fingerprint density at radius 2 is 1.80 bits per heavy atom. The highest BCUT2D eigenvalue weighted by atomic mass is 32.2. The Morgan fingerprint density at radius 3 is 2.52 bits per heavy atom. The molecule has 1 amide bonds. The molecule has 138 valence electrons. The quantitative estimate of drug-likeness (QED) is 0.865. The standard InChI is InChI=1S/C17H24FN3O3S/c18-15-4-1-2-5-16(15)25(23,24)21-11-6-14(7-12-21)17(22)20-10-3-8-19-9-13-20/h1-2,4-5,14,19H,3,6-13H2. The summed E-state index contributed by atoms with van der Waals surface area (Å²) >= 11 is 0. The molecule has 2 heterocycles. The van der Waals surface area contributed by atoms with Crippen molar-refractivity contribution in [1.82, 2.24) is 14.5 Å². The lowest BCUT2D eigenvalue weighted by molar-refractivity contribution is -0.136. The number of hydrogen-bond acceptors (Lipinski definition) is 4. The van der Waals surface area contributed by atoms with Gasteiger partial charge in [-0.2, -0.15) is 4.31 Å². The summed E-state index contributed by atoms with van der Waals surface area (Å²) in [6, 6.07) is 5.41. The molecule has 8 heteroatoms. The molecule has 2 aliphatic heterocycles. The van der Waals surface area contributed by atoms with Gasteiger partial charge in [0, 0.05) is 38.6 Å². The van der Waals surface area contributed by atoms with Crippen LogP contribution in [0.1, 0.15) is 19.3 Å². The highest BCUT2D eigenvalue weighted by Gasteiger charge is 2.34. The van der Waals surface area contributed by atoms with Crippen LogP contribution >= 0.6 is 0 Å². The van der Waals surface area contributed by atoms with Crippen molar-refractivity contribution in [2.24, 2.45) is 5.92 Å². The van der Waals surface area contributed by atoms with Crippen molar-refractivity contribution in [2.75, 3.05) is 39.3 Å². The van der Waals surface area contributed by atoms with Gasteiger partial charge < -0.3 is 10.2 Å². The van der Waals surface area contributed by atoms with Gasteiger partial charge in [-0.3, -0.25) is 4.79 Å². The van der Waals surface area contributed by atoms with Crippen LogP contribution < -0.4 is 5.32 Å². The summed E-state index contributed by atoms with van der Waals surface area (Å²) in [6.07, 6.45) is 1.90. The Labute approximate surface area is 148 Å². The molecule has 3 rings (SSSR count). The van der Waals surface area contributed by atoms with Crippen LogP contribution in [0.25, 0.3) is 0 Å². The molecule has 0 spiro atoms. The van der Waals surface area contributed by atoms with Gasteiger partial charge in [-0.05, 0) is 37.9 Å². The van der Waals surface area contributed by atoms with Crippen molar-refractivity contribution in [3.05, 3.63) is 30.1 Å².